The Labute approximate surface area is 150 Å². The van der Waals surface area contributed by atoms with Crippen LogP contribution in [-0.2, 0) is 4.79 Å². The lowest BCUT2D eigenvalue weighted by molar-refractivity contribution is -0.124. The van der Waals surface area contributed by atoms with Gasteiger partial charge in [0.05, 0.1) is 0 Å². The summed E-state index contributed by atoms with van der Waals surface area (Å²) < 4.78 is 0. The molecule has 0 radical (unpaired) electrons. The molecule has 1 atom stereocenters. The monoisotopic (exact) mass is 353 g/mol. The molecule has 1 unspecified atom stereocenters. The van der Waals surface area contributed by atoms with E-state index in [0.29, 0.717) is 5.56 Å². The highest BCUT2D eigenvalue weighted by Crippen LogP contribution is 2.09. The highest BCUT2D eigenvalue weighted by molar-refractivity contribution is 5.97. The van der Waals surface area contributed by atoms with Gasteiger partial charge in [-0.3, -0.25) is 9.59 Å². The standard InChI is InChI=1S/C18H27N3O2.ClH/c1-12(2)16(18(23)20-15-7-9-19-10-8-15)21-17(22)14-6-4-5-13(3)11-14;/h4-6,11-12,15-16,19H,7-10H2,1-3H3,(H,20,23)(H,21,22);1H. The van der Waals surface area contributed by atoms with E-state index in [9.17, 15) is 9.59 Å². The first-order valence-corrected chi connectivity index (χ1v) is 8.36. The van der Waals surface area contributed by atoms with Crippen molar-refractivity contribution in [3.63, 3.8) is 0 Å². The van der Waals surface area contributed by atoms with E-state index in [1.54, 1.807) is 6.07 Å². The van der Waals surface area contributed by atoms with Crippen LogP contribution in [0.1, 0.15) is 42.6 Å². The van der Waals surface area contributed by atoms with Crippen molar-refractivity contribution in [1.82, 2.24) is 16.0 Å². The molecule has 1 aromatic rings. The van der Waals surface area contributed by atoms with Crippen LogP contribution in [-0.4, -0.2) is 37.0 Å². The van der Waals surface area contributed by atoms with Gasteiger partial charge < -0.3 is 16.0 Å². The average molecular weight is 354 g/mol. The predicted molar refractivity (Wildman–Crippen MR) is 98.6 cm³/mol. The Hall–Kier alpha value is -1.59. The van der Waals surface area contributed by atoms with Gasteiger partial charge in [0.1, 0.15) is 6.04 Å². The number of rotatable bonds is 5. The average Bonchev–Trinajstić information content (AvgIpc) is 2.52. The third kappa shape index (κ3) is 5.80. The second-order valence-electron chi connectivity index (χ2n) is 6.60. The summed E-state index contributed by atoms with van der Waals surface area (Å²) in [6.07, 6.45) is 1.87. The van der Waals surface area contributed by atoms with Crippen LogP contribution in [0.4, 0.5) is 0 Å². The summed E-state index contributed by atoms with van der Waals surface area (Å²) in [4.78, 5) is 24.9. The number of benzene rings is 1. The van der Waals surface area contributed by atoms with E-state index in [2.05, 4.69) is 16.0 Å². The Balaban J connectivity index is 0.00000288. The largest absolute Gasteiger partial charge is 0.351 e. The molecule has 1 heterocycles. The molecule has 6 heteroatoms. The van der Waals surface area contributed by atoms with Crippen LogP contribution in [0.25, 0.3) is 0 Å². The minimum absolute atomic E-state index is 0. The molecule has 0 aliphatic carbocycles. The molecule has 1 fully saturated rings. The zero-order chi connectivity index (χ0) is 16.8. The fourth-order valence-corrected chi connectivity index (χ4v) is 2.80. The fourth-order valence-electron chi connectivity index (χ4n) is 2.80. The molecule has 2 rings (SSSR count). The summed E-state index contributed by atoms with van der Waals surface area (Å²) in [5, 5.41) is 9.24. The van der Waals surface area contributed by atoms with Gasteiger partial charge in [-0.2, -0.15) is 0 Å². The van der Waals surface area contributed by atoms with Gasteiger partial charge in [0.25, 0.3) is 5.91 Å². The minimum atomic E-state index is -0.516. The van der Waals surface area contributed by atoms with Gasteiger partial charge in [-0.15, -0.1) is 12.4 Å². The quantitative estimate of drug-likeness (QED) is 0.758. The van der Waals surface area contributed by atoms with E-state index in [1.165, 1.54) is 0 Å². The molecule has 1 aliphatic heterocycles. The van der Waals surface area contributed by atoms with Gasteiger partial charge >= 0.3 is 0 Å². The van der Waals surface area contributed by atoms with Crippen LogP contribution in [0.3, 0.4) is 0 Å². The van der Waals surface area contributed by atoms with Gasteiger partial charge in [0.2, 0.25) is 5.91 Å². The Morgan fingerprint density at radius 2 is 1.88 bits per heavy atom. The van der Waals surface area contributed by atoms with Crippen LogP contribution >= 0.6 is 12.4 Å². The highest BCUT2D eigenvalue weighted by atomic mass is 35.5. The number of carbonyl (C=O) groups excluding carboxylic acids is 2. The van der Waals surface area contributed by atoms with Gasteiger partial charge in [-0.25, -0.2) is 0 Å². The number of piperidine rings is 1. The second kappa shape index (κ2) is 9.64. The molecule has 0 bridgehead atoms. The number of amides is 2. The number of hydrogen-bond donors (Lipinski definition) is 3. The predicted octanol–water partition coefficient (Wildman–Crippen LogP) is 2.04. The van der Waals surface area contributed by atoms with Gasteiger partial charge in [0.15, 0.2) is 0 Å². The lowest BCUT2D eigenvalue weighted by Gasteiger charge is -2.28. The van der Waals surface area contributed by atoms with E-state index < -0.39 is 6.04 Å². The van der Waals surface area contributed by atoms with Crippen molar-refractivity contribution in [3.8, 4) is 0 Å². The second-order valence-corrected chi connectivity index (χ2v) is 6.60. The number of nitrogens with one attached hydrogen (secondary N) is 3. The Morgan fingerprint density at radius 3 is 2.46 bits per heavy atom. The molecule has 24 heavy (non-hydrogen) atoms. The van der Waals surface area contributed by atoms with E-state index in [-0.39, 0.29) is 36.2 Å². The van der Waals surface area contributed by atoms with Crippen molar-refractivity contribution >= 4 is 24.2 Å². The molecular weight excluding hydrogens is 326 g/mol. The maximum atomic E-state index is 12.5. The first kappa shape index (κ1) is 20.5. The smallest absolute Gasteiger partial charge is 0.251 e. The molecule has 134 valence electrons. The Bertz CT molecular complexity index is 557. The topological polar surface area (TPSA) is 70.2 Å². The van der Waals surface area contributed by atoms with Crippen molar-refractivity contribution in [2.24, 2.45) is 5.92 Å². The van der Waals surface area contributed by atoms with Crippen LogP contribution in [0.15, 0.2) is 24.3 Å². The molecule has 1 saturated heterocycles. The first-order chi connectivity index (χ1) is 11.0. The summed E-state index contributed by atoms with van der Waals surface area (Å²) >= 11 is 0. The van der Waals surface area contributed by atoms with Crippen molar-refractivity contribution in [3.05, 3.63) is 35.4 Å². The molecule has 2 amide bonds. The third-order valence-corrected chi connectivity index (χ3v) is 4.20. The lowest BCUT2D eigenvalue weighted by Crippen LogP contribution is -2.53. The van der Waals surface area contributed by atoms with Crippen molar-refractivity contribution in [1.29, 1.82) is 0 Å². The number of hydrogen-bond acceptors (Lipinski definition) is 3. The van der Waals surface area contributed by atoms with Gasteiger partial charge in [-0.1, -0.05) is 31.5 Å². The molecule has 3 N–H and O–H groups in total. The third-order valence-electron chi connectivity index (χ3n) is 4.20. The first-order valence-electron chi connectivity index (χ1n) is 8.36. The molecule has 1 aromatic carbocycles. The summed E-state index contributed by atoms with van der Waals surface area (Å²) in [6.45, 7) is 7.69. The maximum Gasteiger partial charge on any atom is 0.251 e. The summed E-state index contributed by atoms with van der Waals surface area (Å²) in [7, 11) is 0. The molecule has 1 aliphatic rings. The van der Waals surface area contributed by atoms with Crippen LogP contribution in [0.2, 0.25) is 0 Å². The van der Waals surface area contributed by atoms with E-state index in [4.69, 9.17) is 0 Å². The van der Waals surface area contributed by atoms with Gasteiger partial charge in [0, 0.05) is 11.6 Å². The molecule has 0 spiro atoms. The van der Waals surface area contributed by atoms with Crippen LogP contribution < -0.4 is 16.0 Å². The SMILES string of the molecule is Cc1cccc(C(=O)NC(C(=O)NC2CCNCC2)C(C)C)c1.Cl. The summed E-state index contributed by atoms with van der Waals surface area (Å²) in [6, 6.07) is 7.07. The zero-order valence-electron chi connectivity index (χ0n) is 14.6. The normalized spacial score (nSPS) is 16.2. The molecule has 0 aromatic heterocycles. The maximum absolute atomic E-state index is 12.5. The van der Waals surface area contributed by atoms with Gasteiger partial charge in [-0.05, 0) is 50.9 Å². The Kier molecular flexibility index (Phi) is 8.22. The zero-order valence-corrected chi connectivity index (χ0v) is 15.4. The number of aryl methyl sites for hydroxylation is 1. The van der Waals surface area contributed by atoms with Crippen molar-refractivity contribution < 1.29 is 9.59 Å². The van der Waals surface area contributed by atoms with Crippen LogP contribution in [0, 0.1) is 12.8 Å². The molecule has 5 nitrogen and oxygen atoms in total. The van der Waals surface area contributed by atoms with Crippen molar-refractivity contribution in [2.45, 2.75) is 45.7 Å². The molecular formula is C18H28ClN3O2. The van der Waals surface area contributed by atoms with E-state index >= 15 is 0 Å². The number of carbonyl (C=O) groups is 2. The summed E-state index contributed by atoms with van der Waals surface area (Å²) in [5.74, 6) is -0.258. The van der Waals surface area contributed by atoms with Crippen molar-refractivity contribution in [2.75, 3.05) is 13.1 Å². The summed E-state index contributed by atoms with van der Waals surface area (Å²) in [5.41, 5.74) is 1.61. The van der Waals surface area contributed by atoms with E-state index in [0.717, 1.165) is 31.5 Å². The molecule has 0 saturated carbocycles. The van der Waals surface area contributed by atoms with E-state index in [1.807, 2.05) is 39.0 Å². The Morgan fingerprint density at radius 1 is 1.21 bits per heavy atom. The minimum Gasteiger partial charge on any atom is -0.351 e. The lowest BCUT2D eigenvalue weighted by atomic mass is 10.0. The fraction of sp³-hybridized carbons (Fsp3) is 0.556. The van der Waals surface area contributed by atoms with Crippen LogP contribution in [0.5, 0.6) is 0 Å². The highest BCUT2D eigenvalue weighted by Gasteiger charge is 2.27. The number of halogens is 1.